The van der Waals surface area contributed by atoms with Crippen molar-refractivity contribution in [3.8, 4) is 0 Å². The van der Waals surface area contributed by atoms with E-state index in [1.807, 2.05) is 0 Å². The van der Waals surface area contributed by atoms with Crippen molar-refractivity contribution in [2.45, 2.75) is 32.6 Å². The lowest BCUT2D eigenvalue weighted by Crippen LogP contribution is -2.06. The Labute approximate surface area is 67.9 Å². The first-order chi connectivity index (χ1) is 5.16. The summed E-state index contributed by atoms with van der Waals surface area (Å²) in [4.78, 5) is 9.72. The number of unbranched alkanes of at least 4 members (excludes halogenated alkanes) is 1. The molecule has 0 heterocycles. The Bertz CT molecular complexity index is 115. The maximum Gasteiger partial charge on any atom is 0.204 e. The molecule has 1 atom stereocenters. The van der Waals surface area contributed by atoms with Gasteiger partial charge in [0.25, 0.3) is 0 Å². The fraction of sp³-hybridized carbons (Fsp3) is 0.875. The molecule has 0 spiro atoms. The van der Waals surface area contributed by atoms with E-state index in [2.05, 4.69) is 13.8 Å². The summed E-state index contributed by atoms with van der Waals surface area (Å²) >= 11 is 0. The third-order valence-electron chi connectivity index (χ3n) is 1.75. The van der Waals surface area contributed by atoms with Crippen molar-refractivity contribution in [2.75, 3.05) is 6.54 Å². The van der Waals surface area contributed by atoms with E-state index in [4.69, 9.17) is 0 Å². The lowest BCUT2D eigenvalue weighted by atomic mass is 10.0. The molecule has 0 saturated heterocycles. The largest absolute Gasteiger partial charge is 0.265 e. The number of hydrogen-bond acceptors (Lipinski definition) is 2. The molecule has 0 rings (SSSR count). The van der Waals surface area contributed by atoms with Gasteiger partial charge in [-0.15, -0.1) is 0 Å². The summed E-state index contributed by atoms with van der Waals surface area (Å²) in [7, 11) is 0. The minimum Gasteiger partial charge on any atom is -0.265 e. The molecule has 0 aliphatic carbocycles. The fourth-order valence-electron chi connectivity index (χ4n) is 0.963. The molecule has 0 saturated carbocycles. The molecule has 0 aromatic rings. The highest BCUT2D eigenvalue weighted by atomic mass is 16.6. The second-order valence-electron chi connectivity index (χ2n) is 2.95. The molecule has 0 fully saturated rings. The Hall–Kier alpha value is -0.600. The van der Waals surface area contributed by atoms with Gasteiger partial charge < -0.3 is 0 Å². The lowest BCUT2D eigenvalue weighted by molar-refractivity contribution is -0.481. The van der Waals surface area contributed by atoms with E-state index < -0.39 is 0 Å². The van der Waals surface area contributed by atoms with Crippen molar-refractivity contribution >= 4 is 0 Å². The predicted octanol–water partition coefficient (Wildman–Crippen LogP) is 2.29. The molecule has 3 nitrogen and oxygen atoms in total. The molecule has 0 bridgehead atoms. The first kappa shape index (κ1) is 10.4. The summed E-state index contributed by atoms with van der Waals surface area (Å²) < 4.78 is 0. The van der Waals surface area contributed by atoms with Gasteiger partial charge in [0, 0.05) is 11.3 Å². The average Bonchev–Trinajstić information content (AvgIpc) is 1.97. The lowest BCUT2D eigenvalue weighted by Gasteiger charge is -2.06. The van der Waals surface area contributed by atoms with Crippen LogP contribution in [-0.4, -0.2) is 11.5 Å². The fourth-order valence-corrected chi connectivity index (χ4v) is 0.963. The zero-order valence-electron chi connectivity index (χ0n) is 7.08. The first-order valence-corrected chi connectivity index (χ1v) is 4.08. The molecule has 0 aliphatic heterocycles. The van der Waals surface area contributed by atoms with E-state index in [0.717, 1.165) is 19.3 Å². The topological polar surface area (TPSA) is 43.1 Å². The van der Waals surface area contributed by atoms with Gasteiger partial charge in [0.15, 0.2) is 0 Å². The van der Waals surface area contributed by atoms with E-state index in [9.17, 15) is 10.1 Å². The summed E-state index contributed by atoms with van der Waals surface area (Å²) in [5.74, 6) is 0.474. The van der Waals surface area contributed by atoms with Crippen LogP contribution < -0.4 is 0 Å². The quantitative estimate of drug-likeness (QED) is 0.439. The summed E-state index contributed by atoms with van der Waals surface area (Å²) in [5, 5.41) is 9.97. The van der Waals surface area contributed by atoms with Crippen molar-refractivity contribution < 1.29 is 4.92 Å². The van der Waals surface area contributed by atoms with Crippen molar-refractivity contribution in [2.24, 2.45) is 5.92 Å². The summed E-state index contributed by atoms with van der Waals surface area (Å²) in [6.07, 6.45) is 3.78. The summed E-state index contributed by atoms with van der Waals surface area (Å²) in [5.41, 5.74) is 0. The van der Waals surface area contributed by atoms with Crippen molar-refractivity contribution in [1.29, 1.82) is 0 Å². The Morgan fingerprint density at radius 1 is 1.55 bits per heavy atom. The standard InChI is InChI=1S/C8H16NO2/c1-3-4-5-8(2)6-7-9(10)11/h8H,1,3-7H2,2H3. The van der Waals surface area contributed by atoms with Crippen LogP contribution in [-0.2, 0) is 0 Å². The summed E-state index contributed by atoms with van der Waals surface area (Å²) in [6, 6.07) is 0. The SMILES string of the molecule is [CH2]CCCC(C)CC[N+](=O)[O-]. The monoisotopic (exact) mass is 158 g/mol. The molecule has 0 aliphatic rings. The van der Waals surface area contributed by atoms with Crippen molar-refractivity contribution in [3.05, 3.63) is 17.0 Å². The van der Waals surface area contributed by atoms with E-state index in [-0.39, 0.29) is 11.5 Å². The number of nitro groups is 1. The molecule has 0 amide bonds. The highest BCUT2D eigenvalue weighted by molar-refractivity contribution is 4.53. The van der Waals surface area contributed by atoms with Gasteiger partial charge in [-0.25, -0.2) is 0 Å². The van der Waals surface area contributed by atoms with Gasteiger partial charge in [0.05, 0.1) is 0 Å². The van der Waals surface area contributed by atoms with Crippen LogP contribution in [0.15, 0.2) is 0 Å². The second-order valence-corrected chi connectivity index (χ2v) is 2.95. The highest BCUT2D eigenvalue weighted by Gasteiger charge is 2.04. The minimum atomic E-state index is -0.249. The third-order valence-corrected chi connectivity index (χ3v) is 1.75. The molecule has 1 unspecified atom stereocenters. The van der Waals surface area contributed by atoms with Gasteiger partial charge >= 0.3 is 0 Å². The van der Waals surface area contributed by atoms with Crippen LogP contribution in [0.2, 0.25) is 0 Å². The zero-order chi connectivity index (χ0) is 8.69. The van der Waals surface area contributed by atoms with Gasteiger partial charge in [-0.1, -0.05) is 33.1 Å². The van der Waals surface area contributed by atoms with Gasteiger partial charge in [-0.3, -0.25) is 10.1 Å². The van der Waals surface area contributed by atoms with E-state index in [1.165, 1.54) is 0 Å². The number of rotatable bonds is 6. The molecule has 0 aromatic heterocycles. The molecular weight excluding hydrogens is 142 g/mol. The molecule has 1 radical (unpaired) electrons. The Morgan fingerprint density at radius 3 is 2.64 bits per heavy atom. The smallest absolute Gasteiger partial charge is 0.204 e. The number of hydrogen-bond donors (Lipinski definition) is 0. The second kappa shape index (κ2) is 6.13. The number of nitrogens with zero attached hydrogens (tertiary/aromatic N) is 1. The van der Waals surface area contributed by atoms with Crippen molar-refractivity contribution in [1.82, 2.24) is 0 Å². The van der Waals surface area contributed by atoms with Crippen LogP contribution in [0.25, 0.3) is 0 Å². The Balaban J connectivity index is 3.22. The molecule has 0 aromatic carbocycles. The molecular formula is C8H16NO2. The molecule has 11 heavy (non-hydrogen) atoms. The van der Waals surface area contributed by atoms with Gasteiger partial charge in [0.2, 0.25) is 6.54 Å². The van der Waals surface area contributed by atoms with E-state index >= 15 is 0 Å². The normalized spacial score (nSPS) is 12.9. The minimum absolute atomic E-state index is 0.109. The maximum atomic E-state index is 9.97. The Kier molecular flexibility index (Phi) is 5.80. The van der Waals surface area contributed by atoms with Crippen LogP contribution in [0, 0.1) is 23.0 Å². The molecule has 3 heteroatoms. The van der Waals surface area contributed by atoms with Crippen LogP contribution in [0.3, 0.4) is 0 Å². The molecule has 65 valence electrons. The third kappa shape index (κ3) is 7.30. The van der Waals surface area contributed by atoms with Crippen molar-refractivity contribution in [3.63, 3.8) is 0 Å². The molecule has 0 N–H and O–H groups in total. The van der Waals surface area contributed by atoms with Gasteiger partial charge in [-0.2, -0.15) is 0 Å². The predicted molar refractivity (Wildman–Crippen MR) is 44.9 cm³/mol. The first-order valence-electron chi connectivity index (χ1n) is 4.08. The van der Waals surface area contributed by atoms with Gasteiger partial charge in [-0.05, 0) is 5.92 Å². The van der Waals surface area contributed by atoms with Crippen LogP contribution in [0.4, 0.5) is 0 Å². The average molecular weight is 158 g/mol. The van der Waals surface area contributed by atoms with E-state index in [0.29, 0.717) is 12.3 Å². The van der Waals surface area contributed by atoms with Gasteiger partial charge in [0.1, 0.15) is 0 Å². The zero-order valence-corrected chi connectivity index (χ0v) is 7.08. The van der Waals surface area contributed by atoms with Crippen LogP contribution >= 0.6 is 0 Å². The van der Waals surface area contributed by atoms with Crippen LogP contribution in [0.1, 0.15) is 32.6 Å². The van der Waals surface area contributed by atoms with E-state index in [1.54, 1.807) is 0 Å². The van der Waals surface area contributed by atoms with Crippen LogP contribution in [0.5, 0.6) is 0 Å². The highest BCUT2D eigenvalue weighted by Crippen LogP contribution is 2.10. The Morgan fingerprint density at radius 2 is 2.18 bits per heavy atom. The summed E-state index contributed by atoms with van der Waals surface area (Å²) in [6.45, 7) is 5.88. The maximum absolute atomic E-state index is 9.97.